The summed E-state index contributed by atoms with van der Waals surface area (Å²) in [5.41, 5.74) is 0. The van der Waals surface area contributed by atoms with E-state index in [4.69, 9.17) is 14.8 Å². The van der Waals surface area contributed by atoms with Gasteiger partial charge in [0.15, 0.2) is 0 Å². The van der Waals surface area contributed by atoms with E-state index in [-0.39, 0.29) is 36.0 Å². The van der Waals surface area contributed by atoms with Crippen molar-refractivity contribution in [3.8, 4) is 0 Å². The number of carbonyl (C=O) groups is 1. The first-order valence-electron chi connectivity index (χ1n) is 1.22. The average molecular weight is 114 g/mol. The Balaban J connectivity index is 0. The Labute approximate surface area is 62.9 Å². The van der Waals surface area contributed by atoms with E-state index in [0.29, 0.717) is 0 Å². The van der Waals surface area contributed by atoms with E-state index in [1.165, 1.54) is 0 Å². The molecule has 36 valence electrons. The van der Waals surface area contributed by atoms with Crippen LogP contribution in [0.4, 0.5) is 0 Å². The second-order valence-corrected chi connectivity index (χ2v) is 0.559. The van der Waals surface area contributed by atoms with Crippen molar-refractivity contribution in [1.82, 2.24) is 0 Å². The predicted molar refractivity (Wildman–Crippen MR) is 24.5 cm³/mol. The molecule has 7 heavy (non-hydrogen) atoms. The van der Waals surface area contributed by atoms with Crippen molar-refractivity contribution in [2.75, 3.05) is 0 Å². The molecule has 0 saturated carbocycles. The Hall–Kier alpha value is 0.455. The Morgan fingerprint density at radius 3 is 2.00 bits per heavy atom. The second-order valence-electron chi connectivity index (χ2n) is 0.559. The molecule has 0 aliphatic rings. The van der Waals surface area contributed by atoms with Gasteiger partial charge in [0.25, 0.3) is 6.47 Å². The summed E-state index contributed by atoms with van der Waals surface area (Å²) in [6, 6.07) is 0. The molecule has 0 bridgehead atoms. The molecule has 0 aliphatic heterocycles. The van der Waals surface area contributed by atoms with Gasteiger partial charge in [-0.3, -0.25) is 4.79 Å². The van der Waals surface area contributed by atoms with Crippen molar-refractivity contribution in [2.45, 2.75) is 0 Å². The third-order valence-corrected chi connectivity index (χ3v) is 0.177. The van der Waals surface area contributed by atoms with Crippen molar-refractivity contribution in [3.63, 3.8) is 0 Å². The van der Waals surface area contributed by atoms with E-state index < -0.39 is 7.32 Å². The molecule has 0 aromatic heterocycles. The normalized spacial score (nSPS) is 6.00. The van der Waals surface area contributed by atoms with Crippen molar-refractivity contribution in [2.24, 2.45) is 0 Å². The first-order valence-corrected chi connectivity index (χ1v) is 1.22. The molecule has 0 saturated heterocycles. The molecular weight excluding hydrogens is 110 g/mol. The Morgan fingerprint density at radius 1 is 1.57 bits per heavy atom. The topological polar surface area (TPSA) is 66.8 Å². The minimum absolute atomic E-state index is 0. The fraction of sp³-hybridized carbons (Fsp3) is 0. The Bertz CT molecular complexity index is 47.0. The zero-order valence-electron chi connectivity index (χ0n) is 2.87. The monoisotopic (exact) mass is 114 g/mol. The van der Waals surface area contributed by atoms with E-state index in [0.717, 1.165) is 0 Å². The van der Waals surface area contributed by atoms with Crippen LogP contribution in [0.2, 0.25) is 0 Å². The summed E-state index contributed by atoms with van der Waals surface area (Å²) < 4.78 is 3.47. The summed E-state index contributed by atoms with van der Waals surface area (Å²) in [7, 11) is -1.97. The minimum atomic E-state index is -1.97. The first kappa shape index (κ1) is 10.4. The molecule has 6 heteroatoms. The second kappa shape index (κ2) is 6.45. The summed E-state index contributed by atoms with van der Waals surface area (Å²) in [4.78, 5) is 9.07. The molecule has 4 nitrogen and oxygen atoms in total. The molecule has 0 aromatic carbocycles. The van der Waals surface area contributed by atoms with Crippen LogP contribution in [0.1, 0.15) is 0 Å². The quantitative estimate of drug-likeness (QED) is 0.307. The Kier molecular flexibility index (Phi) is 9.63. The summed E-state index contributed by atoms with van der Waals surface area (Å²) >= 11 is 0. The van der Waals surface area contributed by atoms with Crippen molar-refractivity contribution >= 4 is 43.4 Å². The van der Waals surface area contributed by atoms with Crippen molar-refractivity contribution in [1.29, 1.82) is 0 Å². The van der Waals surface area contributed by atoms with E-state index in [1.54, 1.807) is 0 Å². The molecule has 0 spiro atoms. The molecule has 0 fully saturated rings. The maximum atomic E-state index is 9.07. The van der Waals surface area contributed by atoms with Crippen molar-refractivity contribution < 1.29 is 19.5 Å². The van der Waals surface area contributed by atoms with Gasteiger partial charge in [-0.05, 0) is 0 Å². The van der Waals surface area contributed by atoms with Crippen LogP contribution in [0.3, 0.4) is 0 Å². The van der Waals surface area contributed by atoms with E-state index in [9.17, 15) is 0 Å². The fourth-order valence-electron chi connectivity index (χ4n) is 0.0497. The first-order chi connectivity index (χ1) is 2.77. The van der Waals surface area contributed by atoms with E-state index in [2.05, 4.69) is 4.65 Å². The molecular formula is CH4BNaO4. The van der Waals surface area contributed by atoms with Gasteiger partial charge >= 0.3 is 36.9 Å². The molecule has 0 atom stereocenters. The van der Waals surface area contributed by atoms with Crippen LogP contribution in [0, 0.1) is 0 Å². The van der Waals surface area contributed by atoms with Crippen LogP contribution in [0.5, 0.6) is 0 Å². The van der Waals surface area contributed by atoms with Crippen LogP contribution in [-0.4, -0.2) is 53.4 Å². The van der Waals surface area contributed by atoms with Gasteiger partial charge in [-0.25, -0.2) is 0 Å². The molecule has 0 aromatic rings. The van der Waals surface area contributed by atoms with Crippen LogP contribution < -0.4 is 0 Å². The molecule has 0 heterocycles. The molecule has 0 radical (unpaired) electrons. The standard InChI is InChI=1S/CH3BO4.Na.H/c3-1-6-2(4)5;;/h1,4-5H;;. The zero-order valence-corrected chi connectivity index (χ0v) is 2.87. The fourth-order valence-corrected chi connectivity index (χ4v) is 0.0497. The summed E-state index contributed by atoms with van der Waals surface area (Å²) in [5, 5.41) is 15.3. The van der Waals surface area contributed by atoms with Gasteiger partial charge in [-0.15, -0.1) is 0 Å². The SMILES string of the molecule is O=COB(O)O.[NaH]. The molecule has 2 N–H and O–H groups in total. The van der Waals surface area contributed by atoms with Gasteiger partial charge < -0.3 is 14.7 Å². The van der Waals surface area contributed by atoms with Gasteiger partial charge in [-0.2, -0.15) is 0 Å². The number of carbonyl (C=O) groups excluding carboxylic acids is 1. The van der Waals surface area contributed by atoms with Gasteiger partial charge in [0.1, 0.15) is 0 Å². The summed E-state index contributed by atoms with van der Waals surface area (Å²) in [6.45, 7) is -0.0509. The van der Waals surface area contributed by atoms with Gasteiger partial charge in [0.2, 0.25) is 0 Å². The van der Waals surface area contributed by atoms with Gasteiger partial charge in [-0.1, -0.05) is 0 Å². The number of hydrogen-bond donors (Lipinski definition) is 2. The number of hydrogen-bond acceptors (Lipinski definition) is 4. The average Bonchev–Trinajstić information content (AvgIpc) is 1.35. The van der Waals surface area contributed by atoms with E-state index in [1.807, 2.05) is 0 Å². The van der Waals surface area contributed by atoms with E-state index >= 15 is 0 Å². The predicted octanol–water partition coefficient (Wildman–Crippen LogP) is -2.52. The third-order valence-electron chi connectivity index (χ3n) is 0.177. The maximum absolute atomic E-state index is 9.07. The molecule has 0 rings (SSSR count). The third kappa shape index (κ3) is 10.7. The van der Waals surface area contributed by atoms with Gasteiger partial charge in [0.05, 0.1) is 0 Å². The van der Waals surface area contributed by atoms with Crippen molar-refractivity contribution in [3.05, 3.63) is 0 Å². The number of rotatable bonds is 2. The van der Waals surface area contributed by atoms with Crippen LogP contribution >= 0.6 is 0 Å². The molecule has 0 unspecified atom stereocenters. The zero-order chi connectivity index (χ0) is 4.99. The molecule has 0 amide bonds. The summed E-state index contributed by atoms with van der Waals surface area (Å²) in [5.74, 6) is 0. The Morgan fingerprint density at radius 2 is 2.00 bits per heavy atom. The molecule has 0 aliphatic carbocycles. The van der Waals surface area contributed by atoms with Crippen LogP contribution in [0.15, 0.2) is 0 Å². The van der Waals surface area contributed by atoms with Crippen LogP contribution in [0.25, 0.3) is 0 Å². The van der Waals surface area contributed by atoms with Gasteiger partial charge in [0, 0.05) is 0 Å². The van der Waals surface area contributed by atoms with Crippen LogP contribution in [-0.2, 0) is 9.45 Å². The summed E-state index contributed by atoms with van der Waals surface area (Å²) in [6.07, 6.45) is 0.